The molecule has 0 radical (unpaired) electrons. The first kappa shape index (κ1) is 20.5. The van der Waals surface area contributed by atoms with Crippen molar-refractivity contribution < 1.29 is 28.8 Å². The zero-order valence-electron chi connectivity index (χ0n) is 16.5. The van der Waals surface area contributed by atoms with Crippen LogP contribution in [0.25, 0.3) is 0 Å². The topological polar surface area (TPSA) is 119 Å². The van der Waals surface area contributed by atoms with Crippen molar-refractivity contribution in [1.82, 2.24) is 4.90 Å². The molecule has 160 valence electrons. The van der Waals surface area contributed by atoms with Gasteiger partial charge in [0.25, 0.3) is 17.5 Å². The van der Waals surface area contributed by atoms with Crippen molar-refractivity contribution in [2.24, 2.45) is 0 Å². The van der Waals surface area contributed by atoms with Gasteiger partial charge in [0, 0.05) is 19.2 Å². The average molecular weight is 425 g/mol. The average Bonchev–Trinajstić information content (AvgIpc) is 3.04. The molecule has 2 aromatic rings. The van der Waals surface area contributed by atoms with Gasteiger partial charge < -0.3 is 14.4 Å². The Bertz CT molecular complexity index is 1030. The molecule has 2 amide bonds. The van der Waals surface area contributed by atoms with E-state index in [0.29, 0.717) is 43.1 Å². The summed E-state index contributed by atoms with van der Waals surface area (Å²) in [6, 6.07) is 10.6. The van der Waals surface area contributed by atoms with Gasteiger partial charge >= 0.3 is 5.97 Å². The third kappa shape index (κ3) is 3.97. The largest absolute Gasteiger partial charge is 0.460 e. The number of nitro groups is 1. The van der Waals surface area contributed by atoms with Gasteiger partial charge in [-0.3, -0.25) is 24.6 Å². The van der Waals surface area contributed by atoms with Crippen molar-refractivity contribution in [2.45, 2.75) is 0 Å². The van der Waals surface area contributed by atoms with E-state index in [1.165, 1.54) is 18.2 Å². The number of hydrogen-bond acceptors (Lipinski definition) is 8. The molecule has 2 aliphatic heterocycles. The molecule has 0 unspecified atom stereocenters. The Labute approximate surface area is 177 Å². The molecule has 0 aliphatic carbocycles. The Morgan fingerprint density at radius 1 is 1.06 bits per heavy atom. The summed E-state index contributed by atoms with van der Waals surface area (Å²) in [5.41, 5.74) is 0.861. The lowest BCUT2D eigenvalue weighted by Gasteiger charge is -2.28. The van der Waals surface area contributed by atoms with Crippen molar-refractivity contribution >= 4 is 29.2 Å². The second kappa shape index (κ2) is 8.52. The maximum Gasteiger partial charge on any atom is 0.338 e. The minimum Gasteiger partial charge on any atom is -0.460 e. The number of imide groups is 1. The monoisotopic (exact) mass is 425 g/mol. The fourth-order valence-electron chi connectivity index (χ4n) is 3.62. The van der Waals surface area contributed by atoms with Crippen LogP contribution in [-0.4, -0.2) is 67.1 Å². The first-order chi connectivity index (χ1) is 15.0. The molecule has 0 atom stereocenters. The third-order valence-corrected chi connectivity index (χ3v) is 5.19. The van der Waals surface area contributed by atoms with Gasteiger partial charge in [-0.05, 0) is 24.3 Å². The number of rotatable bonds is 6. The summed E-state index contributed by atoms with van der Waals surface area (Å²) in [5, 5.41) is 11.5. The van der Waals surface area contributed by atoms with Crippen molar-refractivity contribution in [3.63, 3.8) is 0 Å². The van der Waals surface area contributed by atoms with E-state index in [1.54, 1.807) is 24.3 Å². The molecule has 2 aliphatic rings. The van der Waals surface area contributed by atoms with Crippen molar-refractivity contribution in [1.29, 1.82) is 0 Å². The molecule has 1 fully saturated rings. The molecular weight excluding hydrogens is 406 g/mol. The molecule has 10 nitrogen and oxygen atoms in total. The number of hydrogen-bond donors (Lipinski definition) is 0. The third-order valence-electron chi connectivity index (χ3n) is 5.19. The number of nitrogens with zero attached hydrogens (tertiary/aromatic N) is 3. The summed E-state index contributed by atoms with van der Waals surface area (Å²) in [6.07, 6.45) is 0. The Kier molecular flexibility index (Phi) is 5.63. The van der Waals surface area contributed by atoms with E-state index in [-0.39, 0.29) is 24.4 Å². The van der Waals surface area contributed by atoms with Gasteiger partial charge in [0.2, 0.25) is 0 Å². The summed E-state index contributed by atoms with van der Waals surface area (Å²) in [4.78, 5) is 50.9. The molecule has 4 rings (SSSR count). The number of carbonyl (C=O) groups excluding carboxylic acids is 3. The first-order valence-electron chi connectivity index (χ1n) is 9.71. The van der Waals surface area contributed by atoms with Gasteiger partial charge in [-0.25, -0.2) is 4.79 Å². The first-order valence-corrected chi connectivity index (χ1v) is 9.71. The molecule has 0 saturated carbocycles. The molecule has 2 aromatic carbocycles. The van der Waals surface area contributed by atoms with Gasteiger partial charge in [-0.15, -0.1) is 0 Å². The second-order valence-electron chi connectivity index (χ2n) is 7.00. The minimum atomic E-state index is -0.770. The number of morpholine rings is 1. The van der Waals surface area contributed by atoms with Gasteiger partial charge in [-0.2, -0.15) is 0 Å². The SMILES string of the molecule is O=C(OCCN1C(=O)c2ccccc2C1=O)c1ccc(N2CCOCC2)c([N+](=O)[O-])c1. The lowest BCUT2D eigenvalue weighted by molar-refractivity contribution is -0.384. The van der Waals surface area contributed by atoms with Crippen LogP contribution in [-0.2, 0) is 9.47 Å². The number of esters is 1. The Morgan fingerprint density at radius 3 is 2.32 bits per heavy atom. The van der Waals surface area contributed by atoms with E-state index >= 15 is 0 Å². The smallest absolute Gasteiger partial charge is 0.338 e. The second-order valence-corrected chi connectivity index (χ2v) is 7.00. The molecule has 1 saturated heterocycles. The summed E-state index contributed by atoms with van der Waals surface area (Å²) < 4.78 is 10.4. The number of benzene rings is 2. The number of fused-ring (bicyclic) bond motifs is 1. The highest BCUT2D eigenvalue weighted by Crippen LogP contribution is 2.30. The maximum atomic E-state index is 12.4. The number of ether oxygens (including phenoxy) is 2. The lowest BCUT2D eigenvalue weighted by Crippen LogP contribution is -2.36. The quantitative estimate of drug-likeness (QED) is 0.298. The summed E-state index contributed by atoms with van der Waals surface area (Å²) in [5.74, 6) is -1.66. The zero-order valence-corrected chi connectivity index (χ0v) is 16.5. The van der Waals surface area contributed by atoms with Gasteiger partial charge in [-0.1, -0.05) is 12.1 Å². The van der Waals surface area contributed by atoms with Crippen LogP contribution in [0, 0.1) is 10.1 Å². The molecular formula is C21H19N3O7. The highest BCUT2D eigenvalue weighted by molar-refractivity contribution is 6.21. The van der Waals surface area contributed by atoms with E-state index in [2.05, 4.69) is 0 Å². The maximum absolute atomic E-state index is 12.4. The molecule has 0 aromatic heterocycles. The standard InChI is InChI=1S/C21H19N3O7/c25-19-15-3-1-2-4-16(15)20(26)23(19)9-12-31-21(27)14-5-6-17(18(13-14)24(28)29)22-7-10-30-11-8-22/h1-6,13H,7-12H2. The summed E-state index contributed by atoms with van der Waals surface area (Å²) >= 11 is 0. The fraction of sp³-hybridized carbons (Fsp3) is 0.286. The van der Waals surface area contributed by atoms with Crippen LogP contribution in [0.2, 0.25) is 0 Å². The van der Waals surface area contributed by atoms with Crippen molar-refractivity contribution in [3.05, 3.63) is 69.3 Å². The lowest BCUT2D eigenvalue weighted by atomic mass is 10.1. The van der Waals surface area contributed by atoms with E-state index in [1.807, 2.05) is 4.90 Å². The van der Waals surface area contributed by atoms with Gasteiger partial charge in [0.05, 0.1) is 41.4 Å². The summed E-state index contributed by atoms with van der Waals surface area (Å²) in [6.45, 7) is 1.66. The molecule has 0 N–H and O–H groups in total. The van der Waals surface area contributed by atoms with Crippen molar-refractivity contribution in [3.8, 4) is 0 Å². The molecule has 10 heteroatoms. The fourth-order valence-corrected chi connectivity index (χ4v) is 3.62. The molecule has 31 heavy (non-hydrogen) atoms. The normalized spacial score (nSPS) is 15.7. The predicted octanol–water partition coefficient (Wildman–Crippen LogP) is 1.88. The predicted molar refractivity (Wildman–Crippen MR) is 108 cm³/mol. The van der Waals surface area contributed by atoms with E-state index in [4.69, 9.17) is 9.47 Å². The highest BCUT2D eigenvalue weighted by Gasteiger charge is 2.35. The summed E-state index contributed by atoms with van der Waals surface area (Å²) in [7, 11) is 0. The van der Waals surface area contributed by atoms with Gasteiger partial charge in [0.15, 0.2) is 0 Å². The molecule has 0 spiro atoms. The number of nitro benzene ring substituents is 1. The van der Waals surface area contributed by atoms with Crippen LogP contribution < -0.4 is 4.90 Å². The van der Waals surface area contributed by atoms with Crippen LogP contribution in [0.15, 0.2) is 42.5 Å². The van der Waals surface area contributed by atoms with Crippen LogP contribution in [0.4, 0.5) is 11.4 Å². The van der Waals surface area contributed by atoms with E-state index in [0.717, 1.165) is 4.90 Å². The Balaban J connectivity index is 1.41. The molecule has 2 heterocycles. The number of anilines is 1. The van der Waals surface area contributed by atoms with E-state index < -0.39 is 22.7 Å². The minimum absolute atomic E-state index is 0.0195. The Hall–Kier alpha value is -3.79. The van der Waals surface area contributed by atoms with Crippen LogP contribution in [0.3, 0.4) is 0 Å². The van der Waals surface area contributed by atoms with Crippen LogP contribution >= 0.6 is 0 Å². The van der Waals surface area contributed by atoms with Crippen LogP contribution in [0.1, 0.15) is 31.1 Å². The van der Waals surface area contributed by atoms with E-state index in [9.17, 15) is 24.5 Å². The number of amides is 2. The zero-order chi connectivity index (χ0) is 22.0. The van der Waals surface area contributed by atoms with Crippen molar-refractivity contribution in [2.75, 3.05) is 44.4 Å². The Morgan fingerprint density at radius 2 is 1.71 bits per heavy atom. The molecule has 0 bridgehead atoms. The number of carbonyl (C=O) groups is 3. The van der Waals surface area contributed by atoms with Crippen LogP contribution in [0.5, 0.6) is 0 Å². The van der Waals surface area contributed by atoms with Gasteiger partial charge in [0.1, 0.15) is 12.3 Å². The highest BCUT2D eigenvalue weighted by atomic mass is 16.6.